The fourth-order valence-electron chi connectivity index (χ4n) is 4.35. The van der Waals surface area contributed by atoms with E-state index in [9.17, 15) is 32.3 Å². The van der Waals surface area contributed by atoms with Crippen LogP contribution in [0.5, 0.6) is 5.75 Å². The van der Waals surface area contributed by atoms with Gasteiger partial charge in [-0.3, -0.25) is 14.5 Å². The van der Waals surface area contributed by atoms with Crippen LogP contribution in [0, 0.1) is 5.82 Å². The zero-order valence-corrected chi connectivity index (χ0v) is 19.0. The van der Waals surface area contributed by atoms with Gasteiger partial charge < -0.3 is 14.3 Å². The number of ketones is 1. The van der Waals surface area contributed by atoms with E-state index in [0.717, 1.165) is 35.2 Å². The lowest BCUT2D eigenvalue weighted by atomic mass is 9.94. The van der Waals surface area contributed by atoms with Crippen molar-refractivity contribution in [3.8, 4) is 5.75 Å². The number of aliphatic hydroxyl groups excluding tert-OH is 1. The number of carbonyl (C=O) groups excluding carboxylic acids is 2. The third-order valence-electron chi connectivity index (χ3n) is 6.08. The van der Waals surface area contributed by atoms with Crippen molar-refractivity contribution < 1.29 is 41.4 Å². The molecule has 0 fully saturated rings. The van der Waals surface area contributed by atoms with Crippen molar-refractivity contribution in [1.29, 1.82) is 0 Å². The molecule has 5 rings (SSSR count). The Morgan fingerprint density at radius 2 is 1.73 bits per heavy atom. The summed E-state index contributed by atoms with van der Waals surface area (Å²) in [5.74, 6) is -3.63. The molecule has 0 spiro atoms. The number of nitrogens with zero attached hydrogens (tertiary/aromatic N) is 1. The summed E-state index contributed by atoms with van der Waals surface area (Å²) in [4.78, 5) is 27.7. The first-order valence-electron chi connectivity index (χ1n) is 10.9. The van der Waals surface area contributed by atoms with E-state index in [0.29, 0.717) is 11.1 Å². The van der Waals surface area contributed by atoms with Gasteiger partial charge in [-0.15, -0.1) is 0 Å². The molecule has 10 heteroatoms. The molecule has 0 aliphatic carbocycles. The third-order valence-corrected chi connectivity index (χ3v) is 6.08. The second kappa shape index (κ2) is 8.81. The SMILES string of the molecule is COc1cccc2cc(C(=O)C3=C(O)C(=O)N(c4ccc(C(F)(F)F)cc4)C3c3ccccc3F)oc12. The lowest BCUT2D eigenvalue weighted by Crippen LogP contribution is -2.31. The predicted octanol–water partition coefficient (Wildman–Crippen LogP) is 6.38. The van der Waals surface area contributed by atoms with Crippen LogP contribution < -0.4 is 9.64 Å². The van der Waals surface area contributed by atoms with Crippen LogP contribution in [0.1, 0.15) is 27.7 Å². The molecule has 3 aromatic carbocycles. The Morgan fingerprint density at radius 3 is 2.38 bits per heavy atom. The Balaban J connectivity index is 1.65. The van der Waals surface area contributed by atoms with Crippen molar-refractivity contribution >= 4 is 28.3 Å². The molecule has 0 saturated heterocycles. The summed E-state index contributed by atoms with van der Waals surface area (Å²) >= 11 is 0. The quantitative estimate of drug-likeness (QED) is 0.248. The normalized spacial score (nSPS) is 16.1. The number of amides is 1. The summed E-state index contributed by atoms with van der Waals surface area (Å²) in [6.45, 7) is 0. The van der Waals surface area contributed by atoms with Gasteiger partial charge in [0, 0.05) is 16.6 Å². The first-order valence-corrected chi connectivity index (χ1v) is 10.9. The van der Waals surface area contributed by atoms with Crippen LogP contribution in [-0.4, -0.2) is 23.9 Å². The highest BCUT2D eigenvalue weighted by Gasteiger charge is 2.46. The molecule has 0 radical (unpaired) electrons. The maximum Gasteiger partial charge on any atom is 0.416 e. The van der Waals surface area contributed by atoms with Gasteiger partial charge >= 0.3 is 6.18 Å². The largest absolute Gasteiger partial charge is 0.503 e. The lowest BCUT2D eigenvalue weighted by molar-refractivity contribution is -0.137. The molecule has 1 unspecified atom stereocenters. The molecule has 6 nitrogen and oxygen atoms in total. The molecule has 1 amide bonds. The van der Waals surface area contributed by atoms with Crippen molar-refractivity contribution in [2.45, 2.75) is 12.2 Å². The smallest absolute Gasteiger partial charge is 0.416 e. The van der Waals surface area contributed by atoms with Crippen LogP contribution in [0.2, 0.25) is 0 Å². The second-order valence-corrected chi connectivity index (χ2v) is 8.22. The molecule has 0 bridgehead atoms. The summed E-state index contributed by atoms with van der Waals surface area (Å²) in [6.07, 6.45) is -4.62. The van der Waals surface area contributed by atoms with Crippen molar-refractivity contribution in [1.82, 2.24) is 0 Å². The topological polar surface area (TPSA) is 80.0 Å². The number of anilines is 1. The van der Waals surface area contributed by atoms with E-state index in [4.69, 9.17) is 9.15 Å². The van der Waals surface area contributed by atoms with Gasteiger partial charge in [0.05, 0.1) is 24.3 Å². The van der Waals surface area contributed by atoms with Crippen molar-refractivity contribution in [3.63, 3.8) is 0 Å². The van der Waals surface area contributed by atoms with E-state index < -0.39 is 46.6 Å². The second-order valence-electron chi connectivity index (χ2n) is 8.22. The fourth-order valence-corrected chi connectivity index (χ4v) is 4.35. The maximum atomic E-state index is 15.0. The van der Waals surface area contributed by atoms with Gasteiger partial charge in [-0.2, -0.15) is 13.2 Å². The fraction of sp³-hybridized carbons (Fsp3) is 0.111. The van der Waals surface area contributed by atoms with E-state index in [-0.39, 0.29) is 22.6 Å². The molecular weight excluding hydrogens is 494 g/mol. The predicted molar refractivity (Wildman–Crippen MR) is 125 cm³/mol. The van der Waals surface area contributed by atoms with E-state index in [1.807, 2.05) is 0 Å². The monoisotopic (exact) mass is 511 g/mol. The lowest BCUT2D eigenvalue weighted by Gasteiger charge is -2.27. The number of para-hydroxylation sites is 1. The molecule has 1 aliphatic rings. The highest BCUT2D eigenvalue weighted by atomic mass is 19.4. The molecular formula is C27H17F4NO5. The number of aliphatic hydroxyl groups is 1. The number of alkyl halides is 3. The average Bonchev–Trinajstić information content (AvgIpc) is 3.43. The van der Waals surface area contributed by atoms with Crippen LogP contribution in [0.4, 0.5) is 23.2 Å². The number of ether oxygens (including phenoxy) is 1. The molecule has 37 heavy (non-hydrogen) atoms. The Hall–Kier alpha value is -4.60. The van der Waals surface area contributed by atoms with Gasteiger partial charge in [-0.1, -0.05) is 30.3 Å². The highest BCUT2D eigenvalue weighted by molar-refractivity contribution is 6.20. The summed E-state index contributed by atoms with van der Waals surface area (Å²) in [5, 5.41) is 11.3. The Morgan fingerprint density at radius 1 is 1.03 bits per heavy atom. The van der Waals surface area contributed by atoms with E-state index >= 15 is 0 Å². The zero-order valence-electron chi connectivity index (χ0n) is 19.0. The number of benzene rings is 3. The van der Waals surface area contributed by atoms with Gasteiger partial charge in [0.2, 0.25) is 5.78 Å². The summed E-state index contributed by atoms with van der Waals surface area (Å²) in [5.41, 5.74) is -1.41. The number of rotatable bonds is 5. The van der Waals surface area contributed by atoms with Crippen molar-refractivity contribution in [2.75, 3.05) is 12.0 Å². The van der Waals surface area contributed by atoms with Crippen LogP contribution in [-0.2, 0) is 11.0 Å². The average molecular weight is 511 g/mol. The van der Waals surface area contributed by atoms with Crippen LogP contribution in [0.3, 0.4) is 0 Å². The van der Waals surface area contributed by atoms with Crippen LogP contribution >= 0.6 is 0 Å². The highest BCUT2D eigenvalue weighted by Crippen LogP contribution is 2.44. The molecule has 1 aromatic heterocycles. The molecule has 2 heterocycles. The van der Waals surface area contributed by atoms with E-state index in [1.165, 1.54) is 31.4 Å². The molecule has 188 valence electrons. The number of carbonyl (C=O) groups is 2. The molecule has 4 aromatic rings. The Bertz CT molecular complexity index is 1570. The maximum absolute atomic E-state index is 15.0. The third kappa shape index (κ3) is 4.00. The number of hydrogen-bond donors (Lipinski definition) is 1. The van der Waals surface area contributed by atoms with Crippen LogP contribution in [0.15, 0.2) is 88.5 Å². The van der Waals surface area contributed by atoms with E-state index in [2.05, 4.69) is 0 Å². The summed E-state index contributed by atoms with van der Waals surface area (Å²) in [7, 11) is 1.42. The number of halogens is 4. The van der Waals surface area contributed by atoms with Gasteiger partial charge in [-0.05, 0) is 42.5 Å². The number of Topliss-reactive ketones (excluding diaryl/α,β-unsaturated/α-hetero) is 1. The molecule has 1 atom stereocenters. The summed E-state index contributed by atoms with van der Waals surface area (Å²) < 4.78 is 65.2. The van der Waals surface area contributed by atoms with Crippen LogP contribution in [0.25, 0.3) is 11.0 Å². The van der Waals surface area contributed by atoms with Gasteiger partial charge in [0.15, 0.2) is 22.9 Å². The van der Waals surface area contributed by atoms with Crippen molar-refractivity contribution in [3.05, 3.63) is 107 Å². The minimum absolute atomic E-state index is 0.0770. The zero-order chi connectivity index (χ0) is 26.5. The van der Waals surface area contributed by atoms with Crippen molar-refractivity contribution in [2.24, 2.45) is 0 Å². The Kier molecular flexibility index (Phi) is 5.74. The number of fused-ring (bicyclic) bond motifs is 1. The van der Waals surface area contributed by atoms with Gasteiger partial charge in [0.1, 0.15) is 5.82 Å². The standard InChI is InChI=1S/C27H17F4NO5/c1-36-19-8-4-5-14-13-20(37-25(14)19)23(33)21-22(17-6-2-3-7-18(17)28)32(26(35)24(21)34)16-11-9-15(10-12-16)27(29,30)31/h2-13,22,34H,1H3. The first kappa shape index (κ1) is 24.1. The van der Waals surface area contributed by atoms with Gasteiger partial charge in [0.25, 0.3) is 5.91 Å². The van der Waals surface area contributed by atoms with E-state index in [1.54, 1.807) is 18.2 Å². The number of methoxy groups -OCH3 is 1. The minimum Gasteiger partial charge on any atom is -0.503 e. The number of furan rings is 1. The number of hydrogen-bond acceptors (Lipinski definition) is 5. The Labute approximate surface area is 207 Å². The molecule has 1 aliphatic heterocycles. The first-order chi connectivity index (χ1) is 17.6. The minimum atomic E-state index is -4.62. The molecule has 0 saturated carbocycles. The molecule has 1 N–H and O–H groups in total. The van der Waals surface area contributed by atoms with Gasteiger partial charge in [-0.25, -0.2) is 4.39 Å². The summed E-state index contributed by atoms with van der Waals surface area (Å²) in [6, 6.07) is 13.7.